The summed E-state index contributed by atoms with van der Waals surface area (Å²) in [5.41, 5.74) is 2.72. The maximum Gasteiger partial charge on any atom is 0.0791 e. The van der Waals surface area contributed by atoms with E-state index in [1.807, 2.05) is 6.08 Å². The maximum atomic E-state index is 3.82. The molecular formula is C12H17Si. The third-order valence-corrected chi connectivity index (χ3v) is 3.79. The van der Waals surface area contributed by atoms with Gasteiger partial charge in [-0.15, -0.1) is 0 Å². The number of hydrogen-bond acceptors (Lipinski definition) is 0. The first kappa shape index (κ1) is 10.3. The fourth-order valence-corrected chi connectivity index (χ4v) is 2.30. The number of hydrogen-bond donors (Lipinski definition) is 0. The van der Waals surface area contributed by atoms with Gasteiger partial charge in [0.05, 0.1) is 8.80 Å². The van der Waals surface area contributed by atoms with Crippen LogP contribution >= 0.6 is 0 Å². The molecule has 1 aromatic carbocycles. The molecule has 0 aliphatic rings. The van der Waals surface area contributed by atoms with Crippen LogP contribution in [0.4, 0.5) is 0 Å². The summed E-state index contributed by atoms with van der Waals surface area (Å²) >= 11 is 0. The van der Waals surface area contributed by atoms with Gasteiger partial charge in [0.25, 0.3) is 0 Å². The average molecular weight is 189 g/mol. The molecule has 1 rings (SSSR count). The Labute approximate surface area is 82.9 Å². The predicted octanol–water partition coefficient (Wildman–Crippen LogP) is 2.85. The molecule has 0 bridgehead atoms. The highest BCUT2D eigenvalue weighted by Gasteiger charge is 2.03. The largest absolute Gasteiger partial charge is 0.0985 e. The summed E-state index contributed by atoms with van der Waals surface area (Å²) in [6, 6.07) is 6.77. The number of rotatable bonds is 3. The van der Waals surface area contributed by atoms with Gasteiger partial charge in [-0.1, -0.05) is 56.1 Å². The Morgan fingerprint density at radius 1 is 1.38 bits per heavy atom. The van der Waals surface area contributed by atoms with Crippen LogP contribution in [0.2, 0.25) is 13.1 Å². The van der Waals surface area contributed by atoms with Crippen molar-refractivity contribution < 1.29 is 0 Å². The van der Waals surface area contributed by atoms with Crippen molar-refractivity contribution in [2.75, 3.05) is 0 Å². The lowest BCUT2D eigenvalue weighted by Crippen LogP contribution is -2.22. The fraction of sp³-hybridized carbons (Fsp3) is 0.333. The van der Waals surface area contributed by atoms with Gasteiger partial charge < -0.3 is 0 Å². The van der Waals surface area contributed by atoms with Crippen molar-refractivity contribution in [3.05, 3.63) is 35.9 Å². The van der Waals surface area contributed by atoms with Gasteiger partial charge >= 0.3 is 0 Å². The van der Waals surface area contributed by atoms with Gasteiger partial charge in [-0.2, -0.15) is 0 Å². The molecule has 0 spiro atoms. The third-order valence-electron chi connectivity index (χ3n) is 2.32. The standard InChI is InChI=1S/C12H17Si/c1-5-10-7-8-12(13(3)4)9-11(10)6-2/h5,7-9H,1,6H2,2-4H3. The minimum Gasteiger partial charge on any atom is -0.0985 e. The lowest BCUT2D eigenvalue weighted by Gasteiger charge is -2.08. The Balaban J connectivity index is 3.12. The fourth-order valence-electron chi connectivity index (χ4n) is 1.42. The number of benzene rings is 1. The van der Waals surface area contributed by atoms with E-state index in [2.05, 4.69) is 44.8 Å². The highest BCUT2D eigenvalue weighted by atomic mass is 28.3. The van der Waals surface area contributed by atoms with Gasteiger partial charge in [0.1, 0.15) is 0 Å². The molecule has 0 aromatic heterocycles. The Hall–Kier alpha value is -0.823. The van der Waals surface area contributed by atoms with Crippen molar-refractivity contribution in [1.29, 1.82) is 0 Å². The molecule has 0 N–H and O–H groups in total. The quantitative estimate of drug-likeness (QED) is 0.641. The minimum absolute atomic E-state index is 0.303. The van der Waals surface area contributed by atoms with E-state index in [0.29, 0.717) is 0 Å². The van der Waals surface area contributed by atoms with Crippen LogP contribution in [0.15, 0.2) is 24.8 Å². The maximum absolute atomic E-state index is 3.82. The Morgan fingerprint density at radius 3 is 2.54 bits per heavy atom. The van der Waals surface area contributed by atoms with E-state index in [1.54, 1.807) is 0 Å². The lowest BCUT2D eigenvalue weighted by atomic mass is 10.1. The van der Waals surface area contributed by atoms with Crippen LogP contribution in [0.1, 0.15) is 18.1 Å². The molecule has 0 unspecified atom stereocenters. The first-order chi connectivity index (χ1) is 6.19. The first-order valence-electron chi connectivity index (χ1n) is 4.75. The normalized spacial score (nSPS) is 10.5. The molecule has 0 atom stereocenters. The Bertz CT molecular complexity index is 300. The second-order valence-electron chi connectivity index (χ2n) is 3.47. The zero-order valence-electron chi connectivity index (χ0n) is 8.72. The van der Waals surface area contributed by atoms with Gasteiger partial charge in [-0.05, 0) is 17.5 Å². The van der Waals surface area contributed by atoms with Gasteiger partial charge in [-0.3, -0.25) is 0 Å². The van der Waals surface area contributed by atoms with E-state index in [1.165, 1.54) is 16.3 Å². The molecule has 0 aliphatic carbocycles. The van der Waals surface area contributed by atoms with Crippen LogP contribution in [0, 0.1) is 0 Å². The molecule has 69 valence electrons. The first-order valence-corrected chi connectivity index (χ1v) is 7.25. The monoisotopic (exact) mass is 189 g/mol. The predicted molar refractivity (Wildman–Crippen MR) is 63.0 cm³/mol. The van der Waals surface area contributed by atoms with E-state index in [-0.39, 0.29) is 8.80 Å². The smallest absolute Gasteiger partial charge is 0.0791 e. The summed E-state index contributed by atoms with van der Waals surface area (Å²) in [5.74, 6) is 0. The second-order valence-corrected chi connectivity index (χ2v) is 6.05. The molecule has 0 fully saturated rings. The number of aryl methyl sites for hydroxylation is 1. The molecule has 1 aromatic rings. The van der Waals surface area contributed by atoms with E-state index in [0.717, 1.165) is 6.42 Å². The molecule has 0 nitrogen and oxygen atoms in total. The van der Waals surface area contributed by atoms with Crippen LogP contribution in [0.3, 0.4) is 0 Å². The van der Waals surface area contributed by atoms with Crippen LogP contribution < -0.4 is 5.19 Å². The summed E-state index contributed by atoms with van der Waals surface area (Å²) in [6.45, 7) is 10.7. The van der Waals surface area contributed by atoms with Crippen LogP contribution in [-0.4, -0.2) is 8.80 Å². The summed E-state index contributed by atoms with van der Waals surface area (Å²) in [7, 11) is -0.303. The van der Waals surface area contributed by atoms with E-state index in [9.17, 15) is 0 Å². The summed E-state index contributed by atoms with van der Waals surface area (Å²) in [4.78, 5) is 0. The lowest BCUT2D eigenvalue weighted by molar-refractivity contribution is 1.14. The zero-order valence-corrected chi connectivity index (χ0v) is 9.72. The topological polar surface area (TPSA) is 0 Å². The average Bonchev–Trinajstić information content (AvgIpc) is 2.16. The molecule has 1 heteroatoms. The van der Waals surface area contributed by atoms with Gasteiger partial charge in [0.15, 0.2) is 0 Å². The molecule has 0 saturated carbocycles. The van der Waals surface area contributed by atoms with Crippen molar-refractivity contribution >= 4 is 20.1 Å². The van der Waals surface area contributed by atoms with Crippen molar-refractivity contribution in [1.82, 2.24) is 0 Å². The molecule has 0 saturated heterocycles. The van der Waals surface area contributed by atoms with Gasteiger partial charge in [0.2, 0.25) is 0 Å². The van der Waals surface area contributed by atoms with Crippen LogP contribution in [0.25, 0.3) is 6.08 Å². The Morgan fingerprint density at radius 2 is 2.08 bits per heavy atom. The molecule has 1 radical (unpaired) electrons. The zero-order chi connectivity index (χ0) is 9.84. The molecule has 0 heterocycles. The summed E-state index contributed by atoms with van der Waals surface area (Å²) in [5, 5.41) is 1.52. The van der Waals surface area contributed by atoms with Crippen molar-refractivity contribution in [2.24, 2.45) is 0 Å². The highest BCUT2D eigenvalue weighted by molar-refractivity contribution is 6.70. The van der Waals surface area contributed by atoms with E-state index >= 15 is 0 Å². The Kier molecular flexibility index (Phi) is 3.49. The molecule has 0 amide bonds. The van der Waals surface area contributed by atoms with Gasteiger partial charge in [0, 0.05) is 0 Å². The SMILES string of the molecule is C=Cc1ccc([Si](C)C)cc1CC. The third kappa shape index (κ3) is 2.31. The molecule has 0 aliphatic heterocycles. The van der Waals surface area contributed by atoms with Gasteiger partial charge in [-0.25, -0.2) is 0 Å². The van der Waals surface area contributed by atoms with E-state index < -0.39 is 0 Å². The molecular weight excluding hydrogens is 172 g/mol. The highest BCUT2D eigenvalue weighted by Crippen LogP contribution is 2.09. The van der Waals surface area contributed by atoms with E-state index in [4.69, 9.17) is 0 Å². The summed E-state index contributed by atoms with van der Waals surface area (Å²) in [6.07, 6.45) is 3.05. The molecule has 13 heavy (non-hydrogen) atoms. The second kappa shape index (κ2) is 4.42. The summed E-state index contributed by atoms with van der Waals surface area (Å²) < 4.78 is 0. The van der Waals surface area contributed by atoms with Crippen LogP contribution in [-0.2, 0) is 6.42 Å². The van der Waals surface area contributed by atoms with Crippen molar-refractivity contribution in [3.8, 4) is 0 Å². The van der Waals surface area contributed by atoms with Crippen molar-refractivity contribution in [3.63, 3.8) is 0 Å². The van der Waals surface area contributed by atoms with Crippen LogP contribution in [0.5, 0.6) is 0 Å². The van der Waals surface area contributed by atoms with Crippen molar-refractivity contribution in [2.45, 2.75) is 26.4 Å². The minimum atomic E-state index is -0.303.